The SMILES string of the molecule is CC(C)C(=O)OCOC(=O)N[C@@H](C(=O)O)C(C)(C)SC(=O)OCO[C@H](O)C(C)C. The van der Waals surface area contributed by atoms with Gasteiger partial charge in [-0.2, -0.15) is 0 Å². The van der Waals surface area contributed by atoms with Crippen LogP contribution in [-0.2, 0) is 28.5 Å². The number of nitrogens with one attached hydrogen (secondary N) is 1. The highest BCUT2D eigenvalue weighted by Gasteiger charge is 2.40. The Labute approximate surface area is 173 Å². The number of carboxylic acids is 1. The van der Waals surface area contributed by atoms with E-state index in [2.05, 4.69) is 14.8 Å². The second-order valence-corrected chi connectivity index (χ2v) is 8.69. The molecule has 12 heteroatoms. The highest BCUT2D eigenvalue weighted by Crippen LogP contribution is 2.30. The summed E-state index contributed by atoms with van der Waals surface area (Å²) in [4.78, 5) is 46.5. The Morgan fingerprint density at radius 3 is 2.07 bits per heavy atom. The second kappa shape index (κ2) is 12.5. The predicted octanol–water partition coefficient (Wildman–Crippen LogP) is 1.92. The van der Waals surface area contributed by atoms with E-state index < -0.39 is 59.9 Å². The number of rotatable bonds is 11. The molecule has 3 N–H and O–H groups in total. The molecule has 0 spiro atoms. The lowest BCUT2D eigenvalue weighted by Crippen LogP contribution is -2.53. The summed E-state index contributed by atoms with van der Waals surface area (Å²) in [6, 6.07) is -1.53. The minimum Gasteiger partial charge on any atom is -0.480 e. The van der Waals surface area contributed by atoms with Crippen LogP contribution < -0.4 is 5.32 Å². The lowest BCUT2D eigenvalue weighted by Gasteiger charge is -2.29. The Hall–Kier alpha value is -2.05. The predicted molar refractivity (Wildman–Crippen MR) is 102 cm³/mol. The van der Waals surface area contributed by atoms with Gasteiger partial charge >= 0.3 is 23.3 Å². The largest absolute Gasteiger partial charge is 0.480 e. The molecule has 2 atom stereocenters. The molecule has 11 nitrogen and oxygen atoms in total. The van der Waals surface area contributed by atoms with Crippen molar-refractivity contribution in [1.82, 2.24) is 5.32 Å². The van der Waals surface area contributed by atoms with Gasteiger partial charge in [-0.05, 0) is 25.6 Å². The molecule has 0 saturated heterocycles. The topological polar surface area (TPSA) is 158 Å². The van der Waals surface area contributed by atoms with Gasteiger partial charge in [0.1, 0.15) is 6.04 Å². The van der Waals surface area contributed by atoms with E-state index in [1.807, 2.05) is 0 Å². The van der Waals surface area contributed by atoms with Gasteiger partial charge in [-0.15, -0.1) is 0 Å². The first kappa shape index (κ1) is 27.0. The molecule has 0 aromatic carbocycles. The van der Waals surface area contributed by atoms with Crippen LogP contribution in [0.5, 0.6) is 0 Å². The van der Waals surface area contributed by atoms with Gasteiger partial charge in [0.2, 0.25) is 6.79 Å². The molecule has 0 aromatic heterocycles. The molecule has 0 aliphatic rings. The summed E-state index contributed by atoms with van der Waals surface area (Å²) < 4.78 is 17.6. The van der Waals surface area contributed by atoms with Crippen molar-refractivity contribution in [3.05, 3.63) is 0 Å². The summed E-state index contributed by atoms with van der Waals surface area (Å²) in [5.74, 6) is -2.63. The van der Waals surface area contributed by atoms with Gasteiger partial charge in [0.25, 0.3) is 0 Å². The molecule has 1 amide bonds. The smallest absolute Gasteiger partial charge is 0.410 e. The van der Waals surface area contributed by atoms with E-state index in [1.165, 1.54) is 13.8 Å². The Morgan fingerprint density at radius 1 is 1.00 bits per heavy atom. The summed E-state index contributed by atoms with van der Waals surface area (Å²) in [6.07, 6.45) is -2.26. The van der Waals surface area contributed by atoms with Crippen LogP contribution in [0.15, 0.2) is 0 Å². The van der Waals surface area contributed by atoms with E-state index in [0.29, 0.717) is 11.8 Å². The number of hydrogen-bond acceptors (Lipinski definition) is 10. The Balaban J connectivity index is 4.66. The van der Waals surface area contributed by atoms with E-state index in [9.17, 15) is 29.4 Å². The summed E-state index contributed by atoms with van der Waals surface area (Å²) in [7, 11) is 0. The molecular formula is C17H29NO10S. The molecule has 0 aromatic rings. The fraction of sp³-hybridized carbons (Fsp3) is 0.765. The zero-order valence-corrected chi connectivity index (χ0v) is 18.1. The van der Waals surface area contributed by atoms with Crippen molar-refractivity contribution in [2.45, 2.75) is 58.6 Å². The molecule has 0 heterocycles. The summed E-state index contributed by atoms with van der Waals surface area (Å²) in [6.45, 7) is 8.20. The summed E-state index contributed by atoms with van der Waals surface area (Å²) >= 11 is 0.514. The maximum absolute atomic E-state index is 11.9. The standard InChI is InChI=1S/C17H29NO10S/c1-9(2)13(21)25-7-27-15(23)18-11(12(19)20)17(5,6)29-16(24)28-8-26-14(22)10(3)4/h9-11,14,22H,7-8H2,1-6H3,(H,18,23)(H,19,20)/t11-,14-/m0/s1. The van der Waals surface area contributed by atoms with Crippen molar-refractivity contribution >= 4 is 35.1 Å². The van der Waals surface area contributed by atoms with Gasteiger partial charge in [0.15, 0.2) is 13.1 Å². The van der Waals surface area contributed by atoms with E-state index in [-0.39, 0.29) is 5.92 Å². The highest BCUT2D eigenvalue weighted by molar-refractivity contribution is 8.14. The van der Waals surface area contributed by atoms with Gasteiger partial charge in [0, 0.05) is 5.92 Å². The first-order valence-electron chi connectivity index (χ1n) is 8.76. The average molecular weight is 439 g/mol. The van der Waals surface area contributed by atoms with Crippen LogP contribution in [0.4, 0.5) is 9.59 Å². The number of hydrogen-bond donors (Lipinski definition) is 3. The number of carbonyl (C=O) groups excluding carboxylic acids is 3. The lowest BCUT2D eigenvalue weighted by atomic mass is 10.0. The first-order chi connectivity index (χ1) is 13.3. The molecule has 0 saturated carbocycles. The molecule has 168 valence electrons. The number of esters is 1. The Morgan fingerprint density at radius 2 is 1.59 bits per heavy atom. The summed E-state index contributed by atoms with van der Waals surface area (Å²) in [5.41, 5.74) is 0. The Bertz CT molecular complexity index is 579. The fourth-order valence-corrected chi connectivity index (χ4v) is 2.46. The summed E-state index contributed by atoms with van der Waals surface area (Å²) in [5, 5.41) is 20.1. The zero-order valence-electron chi connectivity index (χ0n) is 17.3. The van der Waals surface area contributed by atoms with E-state index in [4.69, 9.17) is 9.47 Å². The number of thioether (sulfide) groups is 1. The third-order valence-electron chi connectivity index (χ3n) is 3.40. The van der Waals surface area contributed by atoms with E-state index >= 15 is 0 Å². The van der Waals surface area contributed by atoms with Crippen molar-refractivity contribution < 1.29 is 48.3 Å². The van der Waals surface area contributed by atoms with Crippen molar-refractivity contribution in [2.75, 3.05) is 13.6 Å². The number of alkyl carbamates (subject to hydrolysis) is 1. The molecule has 0 aliphatic carbocycles. The molecule has 0 unspecified atom stereocenters. The molecule has 0 radical (unpaired) electrons. The Kier molecular flexibility index (Phi) is 11.6. The van der Waals surface area contributed by atoms with Crippen LogP contribution in [-0.4, -0.2) is 64.2 Å². The minimum absolute atomic E-state index is 0.204. The van der Waals surface area contributed by atoms with Crippen LogP contribution >= 0.6 is 11.8 Å². The maximum Gasteiger partial charge on any atom is 0.410 e. The lowest BCUT2D eigenvalue weighted by molar-refractivity contribution is -0.168. The zero-order chi connectivity index (χ0) is 22.8. The second-order valence-electron chi connectivity index (χ2n) is 7.10. The molecule has 0 fully saturated rings. The molecule has 0 bridgehead atoms. The van der Waals surface area contributed by atoms with Crippen LogP contribution in [0, 0.1) is 11.8 Å². The average Bonchev–Trinajstić information content (AvgIpc) is 2.58. The highest BCUT2D eigenvalue weighted by atomic mass is 32.2. The van der Waals surface area contributed by atoms with Crippen molar-refractivity contribution in [3.63, 3.8) is 0 Å². The third kappa shape index (κ3) is 10.9. The number of carboxylic acid groups (broad SMARTS) is 1. The third-order valence-corrected chi connectivity index (χ3v) is 4.45. The normalized spacial score (nSPS) is 13.6. The van der Waals surface area contributed by atoms with Gasteiger partial charge in [-0.3, -0.25) is 4.79 Å². The molecule has 0 aliphatic heterocycles. The number of ether oxygens (including phenoxy) is 4. The number of carbonyl (C=O) groups is 4. The number of aliphatic hydroxyl groups excluding tert-OH is 1. The van der Waals surface area contributed by atoms with Crippen molar-refractivity contribution in [2.24, 2.45) is 11.8 Å². The van der Waals surface area contributed by atoms with Crippen LogP contribution in [0.3, 0.4) is 0 Å². The molecular weight excluding hydrogens is 410 g/mol. The number of amides is 1. The van der Waals surface area contributed by atoms with E-state index in [0.717, 1.165) is 0 Å². The van der Waals surface area contributed by atoms with E-state index in [1.54, 1.807) is 27.7 Å². The monoisotopic (exact) mass is 439 g/mol. The first-order valence-corrected chi connectivity index (χ1v) is 9.57. The van der Waals surface area contributed by atoms with Crippen molar-refractivity contribution in [3.8, 4) is 0 Å². The van der Waals surface area contributed by atoms with Gasteiger partial charge in [0.05, 0.1) is 10.7 Å². The quantitative estimate of drug-likeness (QED) is 0.319. The van der Waals surface area contributed by atoms with Crippen molar-refractivity contribution in [1.29, 1.82) is 0 Å². The van der Waals surface area contributed by atoms with Crippen LogP contribution in [0.2, 0.25) is 0 Å². The molecule has 0 rings (SSSR count). The number of aliphatic hydroxyl groups is 1. The van der Waals surface area contributed by atoms with Gasteiger partial charge in [-0.1, -0.05) is 27.7 Å². The maximum atomic E-state index is 11.9. The van der Waals surface area contributed by atoms with Crippen LogP contribution in [0.1, 0.15) is 41.5 Å². The van der Waals surface area contributed by atoms with Gasteiger partial charge in [-0.25, -0.2) is 14.4 Å². The van der Waals surface area contributed by atoms with Gasteiger partial charge < -0.3 is 34.5 Å². The fourth-order valence-electron chi connectivity index (χ4n) is 1.65. The minimum atomic E-state index is -1.53. The number of aliphatic carboxylic acids is 1. The van der Waals surface area contributed by atoms with Crippen LogP contribution in [0.25, 0.3) is 0 Å². The molecule has 29 heavy (non-hydrogen) atoms.